The number of rotatable bonds is 9. The fraction of sp³-hybridized carbons (Fsp3) is 0.389. The van der Waals surface area contributed by atoms with Crippen LogP contribution >= 0.6 is 11.8 Å². The number of amides is 1. The molecule has 0 aliphatic carbocycles. The molecule has 0 bridgehead atoms. The number of aryl methyl sites for hydroxylation is 1. The smallest absolute Gasteiger partial charge is 0.220 e. The van der Waals surface area contributed by atoms with Crippen LogP contribution in [0.2, 0.25) is 0 Å². The number of aromatic nitrogens is 4. The number of nitrogens with zero attached hydrogens (tertiary/aromatic N) is 3. The molecule has 3 rings (SSSR count). The lowest BCUT2D eigenvalue weighted by atomic mass is 10.2. The summed E-state index contributed by atoms with van der Waals surface area (Å²) >= 11 is 1.77. The maximum absolute atomic E-state index is 12.3. The summed E-state index contributed by atoms with van der Waals surface area (Å²) in [5.74, 6) is 1.85. The molecule has 1 amide bonds. The molecule has 0 aliphatic rings. The zero-order valence-corrected chi connectivity index (χ0v) is 15.1. The van der Waals surface area contributed by atoms with Crippen LogP contribution in [0.3, 0.4) is 0 Å². The molecule has 6 nitrogen and oxygen atoms in total. The van der Waals surface area contributed by atoms with Gasteiger partial charge in [-0.2, -0.15) is 16.9 Å². The number of fused-ring (bicyclic) bond motifs is 1. The van der Waals surface area contributed by atoms with E-state index in [1.54, 1.807) is 18.0 Å². The first-order chi connectivity index (χ1) is 12.3. The Morgan fingerprint density at radius 2 is 2.24 bits per heavy atom. The lowest BCUT2D eigenvalue weighted by Gasteiger charge is -2.16. The van der Waals surface area contributed by atoms with Crippen molar-refractivity contribution in [1.82, 2.24) is 25.1 Å². The minimum Gasteiger partial charge on any atom is -0.346 e. The van der Waals surface area contributed by atoms with Crippen molar-refractivity contribution >= 4 is 28.7 Å². The van der Waals surface area contributed by atoms with Gasteiger partial charge in [-0.1, -0.05) is 12.1 Å². The number of thioether (sulfide) groups is 1. The number of carbonyl (C=O) groups excluding carboxylic acids is 1. The minimum absolute atomic E-state index is 0.0544. The van der Waals surface area contributed by atoms with E-state index in [0.717, 1.165) is 42.0 Å². The molecule has 0 saturated heterocycles. The number of carbonyl (C=O) groups is 1. The number of imidazole rings is 1. The summed E-state index contributed by atoms with van der Waals surface area (Å²) in [7, 11) is 0. The van der Waals surface area contributed by atoms with Crippen molar-refractivity contribution in [2.45, 2.75) is 31.8 Å². The second-order valence-electron chi connectivity index (χ2n) is 5.91. The Bertz CT molecular complexity index is 766. The van der Waals surface area contributed by atoms with Gasteiger partial charge in [-0.3, -0.25) is 9.48 Å². The number of para-hydroxylation sites is 2. The summed E-state index contributed by atoms with van der Waals surface area (Å²) in [5, 5.41) is 7.29. The molecule has 0 aliphatic heterocycles. The SMILES string of the molecule is CSCC[C@H](NC(=O)CCCn1cccn1)c1nc2ccccc2[nH]1. The van der Waals surface area contributed by atoms with Crippen molar-refractivity contribution < 1.29 is 4.79 Å². The molecule has 2 aromatic heterocycles. The summed E-state index contributed by atoms with van der Waals surface area (Å²) in [5.41, 5.74) is 1.93. The zero-order valence-electron chi connectivity index (χ0n) is 14.3. The van der Waals surface area contributed by atoms with Gasteiger partial charge in [-0.15, -0.1) is 0 Å². The number of H-pyrrole nitrogens is 1. The standard InChI is InChI=1S/C18H23N5OS/c1-25-13-9-16(18-21-14-6-2-3-7-15(14)22-18)20-17(24)8-4-11-23-12-5-10-19-23/h2-3,5-7,10,12,16H,4,8-9,11,13H2,1H3,(H,20,24)(H,21,22)/t16-/m0/s1. The first-order valence-corrected chi connectivity index (χ1v) is 9.86. The number of aromatic amines is 1. The van der Waals surface area contributed by atoms with Gasteiger partial charge in [-0.25, -0.2) is 4.98 Å². The predicted octanol–water partition coefficient (Wildman–Crippen LogP) is 3.15. The second kappa shape index (κ2) is 8.71. The van der Waals surface area contributed by atoms with Crippen LogP contribution in [0.5, 0.6) is 0 Å². The molecule has 0 saturated carbocycles. The van der Waals surface area contributed by atoms with E-state index >= 15 is 0 Å². The van der Waals surface area contributed by atoms with Gasteiger partial charge in [0.05, 0.1) is 17.1 Å². The van der Waals surface area contributed by atoms with Gasteiger partial charge < -0.3 is 10.3 Å². The fourth-order valence-electron chi connectivity index (χ4n) is 2.75. The lowest BCUT2D eigenvalue weighted by molar-refractivity contribution is -0.122. The van der Waals surface area contributed by atoms with Crippen molar-refractivity contribution in [1.29, 1.82) is 0 Å². The highest BCUT2D eigenvalue weighted by molar-refractivity contribution is 7.98. The third kappa shape index (κ3) is 4.85. The Labute approximate surface area is 151 Å². The van der Waals surface area contributed by atoms with Gasteiger partial charge in [0.2, 0.25) is 5.91 Å². The highest BCUT2D eigenvalue weighted by atomic mass is 32.2. The molecular formula is C18H23N5OS. The van der Waals surface area contributed by atoms with E-state index in [1.165, 1.54) is 0 Å². The van der Waals surface area contributed by atoms with Crippen LogP contribution in [-0.4, -0.2) is 37.7 Å². The maximum atomic E-state index is 12.3. The summed E-state index contributed by atoms with van der Waals surface area (Å²) in [4.78, 5) is 20.3. The van der Waals surface area contributed by atoms with Crippen LogP contribution in [0.25, 0.3) is 11.0 Å². The Morgan fingerprint density at radius 3 is 3.00 bits per heavy atom. The monoisotopic (exact) mass is 357 g/mol. The van der Waals surface area contributed by atoms with Gasteiger partial charge in [0.1, 0.15) is 5.82 Å². The van der Waals surface area contributed by atoms with E-state index in [9.17, 15) is 4.79 Å². The Hall–Kier alpha value is -2.28. The van der Waals surface area contributed by atoms with Gasteiger partial charge in [0, 0.05) is 25.4 Å². The molecule has 25 heavy (non-hydrogen) atoms. The number of nitrogens with one attached hydrogen (secondary N) is 2. The predicted molar refractivity (Wildman–Crippen MR) is 101 cm³/mol. The van der Waals surface area contributed by atoms with Crippen molar-refractivity contribution in [3.8, 4) is 0 Å². The van der Waals surface area contributed by atoms with E-state index in [-0.39, 0.29) is 11.9 Å². The van der Waals surface area contributed by atoms with Crippen LogP contribution in [0.4, 0.5) is 0 Å². The molecule has 7 heteroatoms. The van der Waals surface area contributed by atoms with Crippen LogP contribution in [0.15, 0.2) is 42.7 Å². The van der Waals surface area contributed by atoms with E-state index in [2.05, 4.69) is 26.6 Å². The summed E-state index contributed by atoms with van der Waals surface area (Å²) in [6, 6.07) is 9.74. The molecule has 132 valence electrons. The first kappa shape index (κ1) is 17.5. The molecule has 1 atom stereocenters. The average Bonchev–Trinajstić information content (AvgIpc) is 3.27. The quantitative estimate of drug-likeness (QED) is 0.617. The van der Waals surface area contributed by atoms with E-state index in [1.807, 2.05) is 41.2 Å². The van der Waals surface area contributed by atoms with E-state index < -0.39 is 0 Å². The van der Waals surface area contributed by atoms with Crippen molar-refractivity contribution in [2.75, 3.05) is 12.0 Å². The first-order valence-electron chi connectivity index (χ1n) is 8.46. The number of hydrogen-bond donors (Lipinski definition) is 2. The molecule has 3 aromatic rings. The normalized spacial score (nSPS) is 12.4. The van der Waals surface area contributed by atoms with Crippen LogP contribution in [0.1, 0.15) is 31.1 Å². The highest BCUT2D eigenvalue weighted by Gasteiger charge is 2.18. The van der Waals surface area contributed by atoms with Crippen molar-refractivity contribution in [3.63, 3.8) is 0 Å². The van der Waals surface area contributed by atoms with Gasteiger partial charge in [0.25, 0.3) is 0 Å². The van der Waals surface area contributed by atoms with Crippen LogP contribution in [0, 0.1) is 0 Å². The van der Waals surface area contributed by atoms with Crippen molar-refractivity contribution in [3.05, 3.63) is 48.5 Å². The average molecular weight is 357 g/mol. The Balaban J connectivity index is 1.60. The number of benzene rings is 1. The lowest BCUT2D eigenvalue weighted by Crippen LogP contribution is -2.29. The Morgan fingerprint density at radius 1 is 1.36 bits per heavy atom. The summed E-state index contributed by atoms with van der Waals surface area (Å²) in [6.45, 7) is 0.751. The fourth-order valence-corrected chi connectivity index (χ4v) is 3.22. The van der Waals surface area contributed by atoms with Gasteiger partial charge in [0.15, 0.2) is 0 Å². The molecule has 0 radical (unpaired) electrons. The van der Waals surface area contributed by atoms with E-state index in [0.29, 0.717) is 6.42 Å². The third-order valence-electron chi connectivity index (χ3n) is 4.03. The summed E-state index contributed by atoms with van der Waals surface area (Å²) < 4.78 is 1.84. The van der Waals surface area contributed by atoms with Crippen LogP contribution in [-0.2, 0) is 11.3 Å². The van der Waals surface area contributed by atoms with Crippen LogP contribution < -0.4 is 5.32 Å². The minimum atomic E-state index is -0.0861. The van der Waals surface area contributed by atoms with Gasteiger partial charge in [-0.05, 0) is 43.0 Å². The molecule has 2 heterocycles. The molecule has 1 aromatic carbocycles. The molecular weight excluding hydrogens is 334 g/mol. The Kier molecular flexibility index (Phi) is 6.11. The zero-order chi connectivity index (χ0) is 17.5. The maximum Gasteiger partial charge on any atom is 0.220 e. The largest absolute Gasteiger partial charge is 0.346 e. The van der Waals surface area contributed by atoms with E-state index in [4.69, 9.17) is 0 Å². The highest BCUT2D eigenvalue weighted by Crippen LogP contribution is 2.20. The second-order valence-corrected chi connectivity index (χ2v) is 6.90. The molecule has 0 fully saturated rings. The molecule has 2 N–H and O–H groups in total. The topological polar surface area (TPSA) is 75.6 Å². The van der Waals surface area contributed by atoms with Gasteiger partial charge >= 0.3 is 0 Å². The van der Waals surface area contributed by atoms with Crippen molar-refractivity contribution in [2.24, 2.45) is 0 Å². The molecule has 0 unspecified atom stereocenters. The molecule has 0 spiro atoms. The third-order valence-corrected chi connectivity index (χ3v) is 4.68. The number of hydrogen-bond acceptors (Lipinski definition) is 4. The summed E-state index contributed by atoms with van der Waals surface area (Å²) in [6.07, 6.45) is 7.83.